The van der Waals surface area contributed by atoms with Gasteiger partial charge in [-0.3, -0.25) is 0 Å². The highest BCUT2D eigenvalue weighted by atomic mass is 15.2. The lowest BCUT2D eigenvalue weighted by Gasteiger charge is -2.47. The molecule has 3 heterocycles. The summed E-state index contributed by atoms with van der Waals surface area (Å²) in [5, 5.41) is 3.76. The van der Waals surface area contributed by atoms with Crippen molar-refractivity contribution in [3.05, 3.63) is 18.2 Å². The molecule has 0 saturated carbocycles. The minimum absolute atomic E-state index is 0.715. The lowest BCUT2D eigenvalue weighted by Crippen LogP contribution is -2.54. The van der Waals surface area contributed by atoms with Crippen molar-refractivity contribution in [1.82, 2.24) is 19.8 Å². The topological polar surface area (TPSA) is 33.1 Å². The van der Waals surface area contributed by atoms with E-state index in [1.165, 1.54) is 37.9 Å². The highest BCUT2D eigenvalue weighted by Crippen LogP contribution is 2.32. The van der Waals surface area contributed by atoms with Crippen molar-refractivity contribution < 1.29 is 0 Å². The summed E-state index contributed by atoms with van der Waals surface area (Å²) in [4.78, 5) is 7.01. The number of nitrogens with zero attached hydrogens (tertiary/aromatic N) is 3. The van der Waals surface area contributed by atoms with Crippen LogP contribution < -0.4 is 5.32 Å². The number of hydrogen-bond donors (Lipinski definition) is 1. The van der Waals surface area contributed by atoms with Gasteiger partial charge >= 0.3 is 0 Å². The monoisotopic (exact) mass is 262 g/mol. The summed E-state index contributed by atoms with van der Waals surface area (Å²) in [5.41, 5.74) is 0. The zero-order valence-corrected chi connectivity index (χ0v) is 12.2. The summed E-state index contributed by atoms with van der Waals surface area (Å²) < 4.78 is 2.12. The first-order valence-corrected chi connectivity index (χ1v) is 7.65. The van der Waals surface area contributed by atoms with Gasteiger partial charge in [0.05, 0.1) is 0 Å². The summed E-state index contributed by atoms with van der Waals surface area (Å²) in [6.45, 7) is 1.05. The van der Waals surface area contributed by atoms with E-state index in [-0.39, 0.29) is 0 Å². The third kappa shape index (κ3) is 2.84. The van der Waals surface area contributed by atoms with Crippen LogP contribution >= 0.6 is 0 Å². The van der Waals surface area contributed by atoms with Crippen LogP contribution in [0.4, 0.5) is 0 Å². The van der Waals surface area contributed by atoms with Crippen LogP contribution in [0.25, 0.3) is 0 Å². The maximum Gasteiger partial charge on any atom is 0.109 e. The quantitative estimate of drug-likeness (QED) is 0.894. The Kier molecular flexibility index (Phi) is 3.89. The number of aryl methyl sites for hydroxylation is 1. The predicted octanol–water partition coefficient (Wildman–Crippen LogP) is 1.57. The minimum atomic E-state index is 0.715. The standard InChI is InChI=1S/C15H26N4/c1-18-9-8-17-15(18)6-7-16-12-10-13-4-3-5-14(11-12)19(13)2/h8-9,12-14,16H,3-7,10-11H2,1-2H3. The summed E-state index contributed by atoms with van der Waals surface area (Å²) in [6, 6.07) is 2.35. The molecular weight excluding hydrogens is 236 g/mol. The Morgan fingerprint density at radius 3 is 2.63 bits per heavy atom. The zero-order valence-electron chi connectivity index (χ0n) is 12.2. The van der Waals surface area contributed by atoms with Crippen molar-refractivity contribution in [2.24, 2.45) is 7.05 Å². The second kappa shape index (κ2) is 5.63. The number of fused-ring (bicyclic) bond motifs is 2. The maximum absolute atomic E-state index is 4.38. The van der Waals surface area contributed by atoms with Gasteiger partial charge in [-0.15, -0.1) is 0 Å². The Morgan fingerprint density at radius 2 is 2.00 bits per heavy atom. The molecule has 1 aromatic rings. The van der Waals surface area contributed by atoms with Gasteiger partial charge in [-0.2, -0.15) is 0 Å². The van der Waals surface area contributed by atoms with Gasteiger partial charge in [0.15, 0.2) is 0 Å². The molecule has 2 saturated heterocycles. The SMILES string of the molecule is CN1C2CCCC1CC(NCCc1nccn1C)C2. The molecular formula is C15H26N4. The number of nitrogens with one attached hydrogen (secondary N) is 1. The van der Waals surface area contributed by atoms with Crippen LogP contribution in [-0.2, 0) is 13.5 Å². The van der Waals surface area contributed by atoms with Crippen LogP contribution in [0, 0.1) is 0 Å². The number of hydrogen-bond acceptors (Lipinski definition) is 3. The predicted molar refractivity (Wildman–Crippen MR) is 77.1 cm³/mol. The molecule has 1 aromatic heterocycles. The summed E-state index contributed by atoms with van der Waals surface area (Å²) in [7, 11) is 4.39. The Labute approximate surface area is 116 Å². The Bertz CT molecular complexity index is 400. The molecule has 2 bridgehead atoms. The van der Waals surface area contributed by atoms with Gasteiger partial charge < -0.3 is 14.8 Å². The summed E-state index contributed by atoms with van der Waals surface area (Å²) >= 11 is 0. The number of aromatic nitrogens is 2. The van der Waals surface area contributed by atoms with Gasteiger partial charge in [-0.05, 0) is 32.7 Å². The van der Waals surface area contributed by atoms with E-state index < -0.39 is 0 Å². The zero-order chi connectivity index (χ0) is 13.2. The first kappa shape index (κ1) is 13.1. The van der Waals surface area contributed by atoms with Crippen molar-refractivity contribution in [3.8, 4) is 0 Å². The third-order valence-electron chi connectivity index (χ3n) is 5.04. The largest absolute Gasteiger partial charge is 0.338 e. The highest BCUT2D eigenvalue weighted by Gasteiger charge is 2.35. The van der Waals surface area contributed by atoms with Crippen LogP contribution in [-0.4, -0.2) is 46.2 Å². The van der Waals surface area contributed by atoms with Crippen molar-refractivity contribution in [2.45, 2.75) is 56.7 Å². The second-order valence-electron chi connectivity index (χ2n) is 6.23. The highest BCUT2D eigenvalue weighted by molar-refractivity contribution is 4.95. The second-order valence-corrected chi connectivity index (χ2v) is 6.23. The lowest BCUT2D eigenvalue weighted by molar-refractivity contribution is 0.0488. The van der Waals surface area contributed by atoms with E-state index in [4.69, 9.17) is 0 Å². The molecule has 1 N–H and O–H groups in total. The molecule has 106 valence electrons. The van der Waals surface area contributed by atoms with Crippen molar-refractivity contribution >= 4 is 0 Å². The van der Waals surface area contributed by atoms with E-state index in [1.54, 1.807) is 0 Å². The molecule has 4 heteroatoms. The molecule has 19 heavy (non-hydrogen) atoms. The van der Waals surface area contributed by atoms with Gasteiger partial charge in [-0.25, -0.2) is 4.98 Å². The van der Waals surface area contributed by atoms with Gasteiger partial charge in [0.25, 0.3) is 0 Å². The van der Waals surface area contributed by atoms with Crippen LogP contribution in [0.1, 0.15) is 37.9 Å². The van der Waals surface area contributed by atoms with E-state index in [0.29, 0.717) is 6.04 Å². The first-order chi connectivity index (χ1) is 9.24. The summed E-state index contributed by atoms with van der Waals surface area (Å²) in [5.74, 6) is 1.18. The molecule has 0 aromatic carbocycles. The molecule has 2 aliphatic rings. The number of imidazole rings is 1. The van der Waals surface area contributed by atoms with E-state index in [1.807, 2.05) is 12.4 Å². The Hall–Kier alpha value is -0.870. The molecule has 2 aliphatic heterocycles. The van der Waals surface area contributed by atoms with Crippen LogP contribution in [0.15, 0.2) is 12.4 Å². The Morgan fingerprint density at radius 1 is 1.26 bits per heavy atom. The number of rotatable bonds is 4. The van der Waals surface area contributed by atoms with Crippen molar-refractivity contribution in [3.63, 3.8) is 0 Å². The molecule has 0 spiro atoms. The van der Waals surface area contributed by atoms with E-state index in [0.717, 1.165) is 25.0 Å². The molecule has 2 atom stereocenters. The van der Waals surface area contributed by atoms with Crippen molar-refractivity contribution in [2.75, 3.05) is 13.6 Å². The molecule has 0 amide bonds. The van der Waals surface area contributed by atoms with E-state index >= 15 is 0 Å². The van der Waals surface area contributed by atoms with Crippen LogP contribution in [0.3, 0.4) is 0 Å². The third-order valence-corrected chi connectivity index (χ3v) is 5.04. The first-order valence-electron chi connectivity index (χ1n) is 7.65. The van der Waals surface area contributed by atoms with Gasteiger partial charge in [0, 0.05) is 50.5 Å². The molecule has 2 unspecified atom stereocenters. The van der Waals surface area contributed by atoms with Crippen molar-refractivity contribution in [1.29, 1.82) is 0 Å². The van der Waals surface area contributed by atoms with E-state index in [2.05, 4.69) is 33.9 Å². The fourth-order valence-corrected chi connectivity index (χ4v) is 3.81. The normalized spacial score (nSPS) is 31.6. The molecule has 0 radical (unpaired) electrons. The number of piperidine rings is 2. The fourth-order valence-electron chi connectivity index (χ4n) is 3.81. The molecule has 3 rings (SSSR count). The smallest absolute Gasteiger partial charge is 0.109 e. The summed E-state index contributed by atoms with van der Waals surface area (Å²) in [6.07, 6.45) is 11.8. The molecule has 0 aliphatic carbocycles. The van der Waals surface area contributed by atoms with Gasteiger partial charge in [0.1, 0.15) is 5.82 Å². The van der Waals surface area contributed by atoms with Gasteiger partial charge in [0.2, 0.25) is 0 Å². The van der Waals surface area contributed by atoms with Crippen LogP contribution in [0.5, 0.6) is 0 Å². The van der Waals surface area contributed by atoms with Crippen LogP contribution in [0.2, 0.25) is 0 Å². The van der Waals surface area contributed by atoms with Gasteiger partial charge in [-0.1, -0.05) is 6.42 Å². The maximum atomic E-state index is 4.38. The van der Waals surface area contributed by atoms with E-state index in [9.17, 15) is 0 Å². The minimum Gasteiger partial charge on any atom is -0.338 e. The fraction of sp³-hybridized carbons (Fsp3) is 0.800. The lowest BCUT2D eigenvalue weighted by atomic mass is 9.82. The molecule has 4 nitrogen and oxygen atoms in total. The Balaban J connectivity index is 1.47. The average Bonchev–Trinajstić information content (AvgIpc) is 2.76. The average molecular weight is 262 g/mol. The molecule has 2 fully saturated rings.